The minimum absolute atomic E-state index is 0.0864. The Kier molecular flexibility index (Phi) is 4.53. The van der Waals surface area contributed by atoms with Crippen molar-refractivity contribution in [1.29, 1.82) is 0 Å². The van der Waals surface area contributed by atoms with Crippen LogP contribution in [0.1, 0.15) is 18.9 Å². The van der Waals surface area contributed by atoms with Crippen LogP contribution in [0.2, 0.25) is 0 Å². The zero-order valence-electron chi connectivity index (χ0n) is 13.7. The molecule has 1 unspecified atom stereocenters. The lowest BCUT2D eigenvalue weighted by molar-refractivity contribution is -0.116. The van der Waals surface area contributed by atoms with Crippen LogP contribution >= 0.6 is 0 Å². The summed E-state index contributed by atoms with van der Waals surface area (Å²) in [6.07, 6.45) is 1.30. The second kappa shape index (κ2) is 6.63. The summed E-state index contributed by atoms with van der Waals surface area (Å²) in [7, 11) is -4.21. The zero-order chi connectivity index (χ0) is 18.0. The summed E-state index contributed by atoms with van der Waals surface area (Å²) in [6, 6.07) is 14.7. The van der Waals surface area contributed by atoms with E-state index >= 15 is 0 Å². The first kappa shape index (κ1) is 17.1. The van der Waals surface area contributed by atoms with Crippen LogP contribution in [0.4, 0.5) is 5.69 Å². The van der Waals surface area contributed by atoms with Gasteiger partial charge in [-0.15, -0.1) is 4.79 Å². The van der Waals surface area contributed by atoms with Gasteiger partial charge in [0, 0.05) is 11.7 Å². The summed E-state index contributed by atoms with van der Waals surface area (Å²) >= 11 is 0. The van der Waals surface area contributed by atoms with Crippen molar-refractivity contribution in [2.24, 2.45) is 0 Å². The highest BCUT2D eigenvalue weighted by molar-refractivity contribution is 8.08. The number of nitrogens with zero attached hydrogens (tertiary/aromatic N) is 3. The molecule has 0 bridgehead atoms. The van der Waals surface area contributed by atoms with Crippen molar-refractivity contribution in [3.63, 3.8) is 0 Å². The molecule has 3 rings (SSSR count). The molecule has 1 aliphatic rings. The fraction of sp³-hybridized carbons (Fsp3) is 0.222. The number of benzene rings is 2. The Morgan fingerprint density at radius 3 is 2.44 bits per heavy atom. The molecule has 1 heterocycles. The summed E-state index contributed by atoms with van der Waals surface area (Å²) in [5, 5.41) is -0.867. The standard InChI is InChI=1S/C18H17N3O3S/c1-2-14-12-13-8-6-7-11-16(13)21(14)18(22)17(20-19)25(23,24)15-9-4-3-5-10-15/h3-11,14H,2,12H2,1H3. The van der Waals surface area contributed by atoms with Gasteiger partial charge in [-0.1, -0.05) is 43.3 Å². The summed E-state index contributed by atoms with van der Waals surface area (Å²) < 4.78 is 25.5. The fourth-order valence-electron chi connectivity index (χ4n) is 3.09. The highest BCUT2D eigenvalue weighted by atomic mass is 32.2. The molecule has 1 atom stereocenters. The van der Waals surface area contributed by atoms with Gasteiger partial charge in [-0.05, 0) is 36.6 Å². The Morgan fingerprint density at radius 1 is 1.16 bits per heavy atom. The monoisotopic (exact) mass is 355 g/mol. The van der Waals surface area contributed by atoms with E-state index in [1.54, 1.807) is 30.3 Å². The summed E-state index contributed by atoms with van der Waals surface area (Å²) in [5.74, 6) is -0.817. The van der Waals surface area contributed by atoms with E-state index in [0.29, 0.717) is 18.5 Å². The van der Waals surface area contributed by atoms with Crippen molar-refractivity contribution >= 4 is 26.5 Å². The summed E-state index contributed by atoms with van der Waals surface area (Å²) in [4.78, 5) is 17.2. The lowest BCUT2D eigenvalue weighted by atomic mass is 10.1. The van der Waals surface area contributed by atoms with Gasteiger partial charge >= 0.3 is 11.0 Å². The van der Waals surface area contributed by atoms with Crippen LogP contribution in [0.5, 0.6) is 0 Å². The molecule has 0 N–H and O–H groups in total. The first-order chi connectivity index (χ1) is 12.0. The molecular weight excluding hydrogens is 338 g/mol. The van der Waals surface area contributed by atoms with Crippen LogP contribution in [-0.4, -0.2) is 30.2 Å². The van der Waals surface area contributed by atoms with Crippen molar-refractivity contribution in [2.45, 2.75) is 30.7 Å². The van der Waals surface area contributed by atoms with E-state index in [2.05, 4.69) is 4.79 Å². The lowest BCUT2D eigenvalue weighted by Gasteiger charge is -2.22. The van der Waals surface area contributed by atoms with Crippen molar-refractivity contribution in [3.05, 3.63) is 65.7 Å². The Balaban J connectivity index is 2.06. The van der Waals surface area contributed by atoms with Gasteiger partial charge < -0.3 is 5.53 Å². The maximum Gasteiger partial charge on any atom is 0.474 e. The van der Waals surface area contributed by atoms with Crippen molar-refractivity contribution in [3.8, 4) is 0 Å². The largest absolute Gasteiger partial charge is 0.474 e. The molecule has 0 aliphatic carbocycles. The molecule has 0 saturated heterocycles. The molecule has 2 aromatic rings. The molecule has 0 spiro atoms. The van der Waals surface area contributed by atoms with Crippen molar-refractivity contribution in [1.82, 2.24) is 0 Å². The normalized spacial score (nSPS) is 16.2. The third-order valence-corrected chi connectivity index (χ3v) is 6.00. The predicted molar refractivity (Wildman–Crippen MR) is 94.0 cm³/mol. The van der Waals surface area contributed by atoms with Gasteiger partial charge in [-0.25, -0.2) is 8.42 Å². The molecule has 25 heavy (non-hydrogen) atoms. The lowest BCUT2D eigenvalue weighted by Crippen LogP contribution is -2.44. The predicted octanol–water partition coefficient (Wildman–Crippen LogP) is 2.46. The van der Waals surface area contributed by atoms with E-state index in [9.17, 15) is 18.7 Å². The van der Waals surface area contributed by atoms with Gasteiger partial charge in [0.15, 0.2) is 0 Å². The molecule has 0 aromatic heterocycles. The fourth-order valence-corrected chi connectivity index (χ4v) is 4.26. The van der Waals surface area contributed by atoms with E-state index in [4.69, 9.17) is 0 Å². The molecule has 0 radical (unpaired) electrons. The maximum absolute atomic E-state index is 13.0. The number of rotatable bonds is 2. The van der Waals surface area contributed by atoms with Crippen LogP contribution in [0.3, 0.4) is 0 Å². The van der Waals surface area contributed by atoms with Gasteiger partial charge in [0.1, 0.15) is 0 Å². The van der Waals surface area contributed by atoms with Gasteiger partial charge in [0.05, 0.1) is 4.90 Å². The number of hydrogen-bond donors (Lipinski definition) is 0. The molecule has 1 amide bonds. The summed E-state index contributed by atoms with van der Waals surface area (Å²) in [5.41, 5.74) is 10.9. The highest BCUT2D eigenvalue weighted by Gasteiger charge is 2.45. The molecule has 0 fully saturated rings. The molecular formula is C18H17N3O3S. The zero-order valence-corrected chi connectivity index (χ0v) is 14.5. The Bertz CT molecular complexity index is 964. The van der Waals surface area contributed by atoms with Gasteiger partial charge in [-0.2, -0.15) is 0 Å². The van der Waals surface area contributed by atoms with Crippen LogP contribution < -0.4 is 4.90 Å². The van der Waals surface area contributed by atoms with Crippen molar-refractivity contribution in [2.75, 3.05) is 4.90 Å². The highest BCUT2D eigenvalue weighted by Crippen LogP contribution is 2.34. The van der Waals surface area contributed by atoms with E-state index in [-0.39, 0.29) is 10.9 Å². The Labute approximate surface area is 146 Å². The molecule has 2 aromatic carbocycles. The van der Waals surface area contributed by atoms with Gasteiger partial charge in [0.2, 0.25) is 0 Å². The molecule has 128 valence electrons. The SMILES string of the molecule is CCC1Cc2ccccc2N1C(=O)C(=[N+]=[N-])S(=O)(=O)c1ccccc1. The second-order valence-electron chi connectivity index (χ2n) is 5.79. The first-order valence-corrected chi connectivity index (χ1v) is 9.42. The van der Waals surface area contributed by atoms with E-state index < -0.39 is 20.8 Å². The Hall–Kier alpha value is -2.76. The molecule has 7 heteroatoms. The van der Waals surface area contributed by atoms with Crippen LogP contribution in [0.15, 0.2) is 59.5 Å². The van der Waals surface area contributed by atoms with E-state index in [1.807, 2.05) is 19.1 Å². The third-order valence-electron chi connectivity index (χ3n) is 4.34. The summed E-state index contributed by atoms with van der Waals surface area (Å²) in [6.45, 7) is 1.93. The second-order valence-corrected chi connectivity index (χ2v) is 7.66. The number of carbonyl (C=O) groups is 1. The first-order valence-electron chi connectivity index (χ1n) is 7.94. The van der Waals surface area contributed by atoms with Crippen LogP contribution in [0, 0.1) is 0 Å². The quantitative estimate of drug-likeness (QED) is 0.358. The van der Waals surface area contributed by atoms with Crippen LogP contribution in [-0.2, 0) is 21.1 Å². The van der Waals surface area contributed by atoms with E-state index in [0.717, 1.165) is 5.56 Å². The maximum atomic E-state index is 13.0. The number of para-hydroxylation sites is 1. The number of anilines is 1. The minimum Gasteiger partial charge on any atom is -0.360 e. The average molecular weight is 355 g/mol. The van der Waals surface area contributed by atoms with Gasteiger partial charge in [-0.3, -0.25) is 9.69 Å². The Morgan fingerprint density at radius 2 is 1.80 bits per heavy atom. The smallest absolute Gasteiger partial charge is 0.360 e. The van der Waals surface area contributed by atoms with E-state index in [1.165, 1.54) is 17.0 Å². The topological polar surface area (TPSA) is 90.8 Å². The minimum atomic E-state index is -4.21. The third kappa shape index (κ3) is 2.88. The number of carbonyl (C=O) groups excluding carboxylic acids is 1. The average Bonchev–Trinajstić information content (AvgIpc) is 3.01. The number of amides is 1. The number of sulfone groups is 1. The number of hydrogen-bond acceptors (Lipinski definition) is 3. The molecule has 0 saturated carbocycles. The molecule has 6 nitrogen and oxygen atoms in total. The number of fused-ring (bicyclic) bond motifs is 1. The van der Waals surface area contributed by atoms with Gasteiger partial charge in [0.25, 0.3) is 9.84 Å². The van der Waals surface area contributed by atoms with Crippen LogP contribution in [0.25, 0.3) is 5.53 Å². The van der Waals surface area contributed by atoms with Crippen molar-refractivity contribution < 1.29 is 18.0 Å². The molecule has 1 aliphatic heterocycles.